The van der Waals surface area contributed by atoms with Crippen LogP contribution in [0.2, 0.25) is 5.02 Å². The summed E-state index contributed by atoms with van der Waals surface area (Å²) < 4.78 is 0. The molecule has 0 spiro atoms. The quantitative estimate of drug-likeness (QED) is 0.880. The number of nitrogens with two attached hydrogens (primary N) is 1. The number of rotatable bonds is 4. The van der Waals surface area contributed by atoms with Crippen LogP contribution in [-0.4, -0.2) is 11.8 Å². The third-order valence-corrected chi connectivity index (χ3v) is 5.26. The van der Waals surface area contributed by atoms with Crippen molar-refractivity contribution in [3.8, 4) is 0 Å². The van der Waals surface area contributed by atoms with E-state index in [-0.39, 0.29) is 0 Å². The van der Waals surface area contributed by atoms with Crippen LogP contribution in [0.25, 0.3) is 0 Å². The van der Waals surface area contributed by atoms with E-state index in [9.17, 15) is 0 Å². The van der Waals surface area contributed by atoms with Gasteiger partial charge in [-0.2, -0.15) is 0 Å². The maximum absolute atomic E-state index is 6.12. The highest BCUT2D eigenvalue weighted by Gasteiger charge is 2.20. The van der Waals surface area contributed by atoms with Crippen molar-refractivity contribution in [3.63, 3.8) is 0 Å². The van der Waals surface area contributed by atoms with Crippen molar-refractivity contribution in [2.75, 3.05) is 6.54 Å². The first-order valence-electron chi connectivity index (χ1n) is 6.84. The van der Waals surface area contributed by atoms with Crippen molar-refractivity contribution < 1.29 is 0 Å². The standard InChI is InChI=1S/C15H22ClNS/c1-11-3-2-4-14(9-11)18-15-10-13(16)6-5-12(15)7-8-17/h5-6,10-11,14H,2-4,7-9,17H2,1H3. The first-order valence-corrected chi connectivity index (χ1v) is 8.10. The van der Waals surface area contributed by atoms with E-state index in [2.05, 4.69) is 19.1 Å². The molecule has 0 radical (unpaired) electrons. The van der Waals surface area contributed by atoms with E-state index in [1.807, 2.05) is 17.8 Å². The fourth-order valence-electron chi connectivity index (χ4n) is 2.67. The van der Waals surface area contributed by atoms with E-state index in [1.54, 1.807) is 0 Å². The summed E-state index contributed by atoms with van der Waals surface area (Å²) >= 11 is 8.13. The molecule has 18 heavy (non-hydrogen) atoms. The van der Waals surface area contributed by atoms with Gasteiger partial charge in [0, 0.05) is 15.2 Å². The van der Waals surface area contributed by atoms with Gasteiger partial charge in [-0.15, -0.1) is 11.8 Å². The van der Waals surface area contributed by atoms with Gasteiger partial charge in [-0.05, 0) is 49.4 Å². The van der Waals surface area contributed by atoms with Gasteiger partial charge in [-0.25, -0.2) is 0 Å². The van der Waals surface area contributed by atoms with Gasteiger partial charge >= 0.3 is 0 Å². The summed E-state index contributed by atoms with van der Waals surface area (Å²) in [5, 5.41) is 1.59. The van der Waals surface area contributed by atoms with Crippen LogP contribution in [0.15, 0.2) is 23.1 Å². The fraction of sp³-hybridized carbons (Fsp3) is 0.600. The summed E-state index contributed by atoms with van der Waals surface area (Å²) in [4.78, 5) is 1.34. The molecule has 1 aliphatic carbocycles. The smallest absolute Gasteiger partial charge is 0.0417 e. The van der Waals surface area contributed by atoms with E-state index in [4.69, 9.17) is 17.3 Å². The average molecular weight is 284 g/mol. The van der Waals surface area contributed by atoms with Crippen LogP contribution in [0.5, 0.6) is 0 Å². The highest BCUT2D eigenvalue weighted by Crippen LogP contribution is 2.38. The molecule has 1 fully saturated rings. The van der Waals surface area contributed by atoms with E-state index in [0.717, 1.165) is 22.6 Å². The first-order chi connectivity index (χ1) is 8.69. The summed E-state index contributed by atoms with van der Waals surface area (Å²) in [7, 11) is 0. The molecular weight excluding hydrogens is 262 g/mol. The van der Waals surface area contributed by atoms with Gasteiger partial charge in [0.25, 0.3) is 0 Å². The molecule has 2 rings (SSSR count). The molecule has 1 nitrogen and oxygen atoms in total. The van der Waals surface area contributed by atoms with E-state index >= 15 is 0 Å². The molecule has 3 heteroatoms. The maximum Gasteiger partial charge on any atom is 0.0417 e. The third-order valence-electron chi connectivity index (χ3n) is 3.62. The van der Waals surface area contributed by atoms with Crippen molar-refractivity contribution in [2.24, 2.45) is 11.7 Å². The summed E-state index contributed by atoms with van der Waals surface area (Å²) in [6.45, 7) is 3.07. The van der Waals surface area contributed by atoms with Crippen LogP contribution in [-0.2, 0) is 6.42 Å². The molecule has 100 valence electrons. The van der Waals surface area contributed by atoms with E-state index < -0.39 is 0 Å². The Morgan fingerprint density at radius 3 is 2.94 bits per heavy atom. The molecule has 0 aromatic heterocycles. The Hall–Kier alpha value is -0.180. The van der Waals surface area contributed by atoms with Crippen LogP contribution >= 0.6 is 23.4 Å². The number of hydrogen-bond donors (Lipinski definition) is 1. The van der Waals surface area contributed by atoms with Gasteiger partial charge in [0.15, 0.2) is 0 Å². The second-order valence-electron chi connectivity index (χ2n) is 5.30. The minimum Gasteiger partial charge on any atom is -0.330 e. The normalized spacial score (nSPS) is 24.2. The van der Waals surface area contributed by atoms with Gasteiger partial charge in [0.05, 0.1) is 0 Å². The van der Waals surface area contributed by atoms with Crippen molar-refractivity contribution in [2.45, 2.75) is 49.2 Å². The highest BCUT2D eigenvalue weighted by atomic mass is 35.5. The lowest BCUT2D eigenvalue weighted by atomic mass is 9.91. The Bertz CT molecular complexity index is 394. The van der Waals surface area contributed by atoms with Crippen LogP contribution in [0.3, 0.4) is 0 Å². The van der Waals surface area contributed by atoms with Gasteiger partial charge < -0.3 is 5.73 Å². The molecule has 1 aromatic carbocycles. The minimum atomic E-state index is 0.705. The molecule has 2 atom stereocenters. The van der Waals surface area contributed by atoms with Gasteiger partial charge in [-0.1, -0.05) is 37.4 Å². The van der Waals surface area contributed by atoms with Crippen molar-refractivity contribution >= 4 is 23.4 Å². The number of hydrogen-bond acceptors (Lipinski definition) is 2. The zero-order valence-electron chi connectivity index (χ0n) is 11.0. The SMILES string of the molecule is CC1CCCC(Sc2cc(Cl)ccc2CCN)C1. The average Bonchev–Trinajstić information content (AvgIpc) is 2.33. The van der Waals surface area contributed by atoms with Gasteiger partial charge in [0.2, 0.25) is 0 Å². The Morgan fingerprint density at radius 1 is 1.39 bits per heavy atom. The van der Waals surface area contributed by atoms with Gasteiger partial charge in [0.1, 0.15) is 0 Å². The minimum absolute atomic E-state index is 0.705. The van der Waals surface area contributed by atoms with Crippen LogP contribution in [0.1, 0.15) is 38.2 Å². The maximum atomic E-state index is 6.12. The van der Waals surface area contributed by atoms with E-state index in [1.165, 1.54) is 36.1 Å². The Morgan fingerprint density at radius 2 is 2.22 bits per heavy atom. The summed E-state index contributed by atoms with van der Waals surface area (Å²) in [6, 6.07) is 6.21. The molecule has 2 unspecified atom stereocenters. The molecule has 0 heterocycles. The Labute approximate surface area is 119 Å². The fourth-order valence-corrected chi connectivity index (χ4v) is 4.49. The van der Waals surface area contributed by atoms with Crippen molar-refractivity contribution in [3.05, 3.63) is 28.8 Å². The monoisotopic (exact) mass is 283 g/mol. The molecule has 2 N–H and O–H groups in total. The van der Waals surface area contributed by atoms with Crippen molar-refractivity contribution in [1.29, 1.82) is 0 Å². The lowest BCUT2D eigenvalue weighted by molar-refractivity contribution is 0.394. The lowest BCUT2D eigenvalue weighted by Gasteiger charge is -2.27. The summed E-state index contributed by atoms with van der Waals surface area (Å²) in [5.41, 5.74) is 7.03. The molecule has 1 aliphatic rings. The second kappa shape index (κ2) is 6.83. The lowest BCUT2D eigenvalue weighted by Crippen LogP contribution is -2.15. The Kier molecular flexibility index (Phi) is 5.40. The van der Waals surface area contributed by atoms with Crippen LogP contribution < -0.4 is 5.73 Å². The first kappa shape index (κ1) is 14.2. The van der Waals surface area contributed by atoms with E-state index in [0.29, 0.717) is 6.54 Å². The molecule has 0 bridgehead atoms. The molecule has 1 aromatic rings. The predicted octanol–water partition coefficient (Wildman–Crippen LogP) is 4.51. The summed E-state index contributed by atoms with van der Waals surface area (Å²) in [6.07, 6.45) is 6.37. The number of benzene rings is 1. The van der Waals surface area contributed by atoms with Crippen molar-refractivity contribution in [1.82, 2.24) is 0 Å². The Balaban J connectivity index is 2.08. The van der Waals surface area contributed by atoms with Gasteiger partial charge in [-0.3, -0.25) is 0 Å². The number of thioether (sulfide) groups is 1. The molecule has 1 saturated carbocycles. The largest absolute Gasteiger partial charge is 0.330 e. The molecule has 0 aliphatic heterocycles. The second-order valence-corrected chi connectivity index (χ2v) is 7.08. The third kappa shape index (κ3) is 3.91. The zero-order chi connectivity index (χ0) is 13.0. The number of halogens is 1. The molecular formula is C15H22ClNS. The zero-order valence-corrected chi connectivity index (χ0v) is 12.6. The predicted molar refractivity (Wildman–Crippen MR) is 81.5 cm³/mol. The molecule has 0 amide bonds. The molecule has 0 saturated heterocycles. The summed E-state index contributed by atoms with van der Waals surface area (Å²) in [5.74, 6) is 0.869. The topological polar surface area (TPSA) is 26.0 Å². The van der Waals surface area contributed by atoms with Crippen LogP contribution in [0.4, 0.5) is 0 Å². The van der Waals surface area contributed by atoms with Crippen LogP contribution in [0, 0.1) is 5.92 Å². The highest BCUT2D eigenvalue weighted by molar-refractivity contribution is 8.00.